The highest BCUT2D eigenvalue weighted by molar-refractivity contribution is 14.1. The molecule has 124 valence electrons. The Bertz CT molecular complexity index is 868. The molecule has 0 bridgehead atoms. The van der Waals surface area contributed by atoms with E-state index in [1.807, 2.05) is 59.8 Å². The van der Waals surface area contributed by atoms with Crippen molar-refractivity contribution in [1.82, 2.24) is 14.5 Å². The van der Waals surface area contributed by atoms with Crippen molar-refractivity contribution in [3.8, 4) is 0 Å². The Labute approximate surface area is 155 Å². The zero-order chi connectivity index (χ0) is 17.1. The van der Waals surface area contributed by atoms with Gasteiger partial charge in [0.05, 0.1) is 12.1 Å². The number of amides is 1. The molecule has 0 unspecified atom stereocenters. The van der Waals surface area contributed by atoms with Gasteiger partial charge in [-0.15, -0.1) is 0 Å². The molecule has 3 rings (SSSR count). The first-order valence-electron chi connectivity index (χ1n) is 8.12. The molecule has 1 aromatic carbocycles. The van der Waals surface area contributed by atoms with Crippen molar-refractivity contribution < 1.29 is 4.79 Å². The van der Waals surface area contributed by atoms with Crippen LogP contribution in [0.3, 0.4) is 0 Å². The standard InChI is InChI=1S/C19H20IN3O/c1-3-22(4-2)19(24)17-10-7-11-23(17)13-15-12-14-8-5-6-9-16(14)21-18(15)20/h5-12H,3-4,13H2,1-2H3. The predicted molar refractivity (Wildman–Crippen MR) is 105 cm³/mol. The number of hydrogen-bond donors (Lipinski definition) is 0. The molecule has 0 N–H and O–H groups in total. The quantitative estimate of drug-likeness (QED) is 0.448. The highest BCUT2D eigenvalue weighted by Gasteiger charge is 2.17. The van der Waals surface area contributed by atoms with Gasteiger partial charge in [-0.25, -0.2) is 4.98 Å². The monoisotopic (exact) mass is 433 g/mol. The molecule has 0 spiro atoms. The Balaban J connectivity index is 1.94. The summed E-state index contributed by atoms with van der Waals surface area (Å²) < 4.78 is 2.98. The number of carbonyl (C=O) groups is 1. The van der Waals surface area contributed by atoms with E-state index in [0.29, 0.717) is 6.54 Å². The molecule has 1 amide bonds. The molecule has 24 heavy (non-hydrogen) atoms. The Kier molecular flexibility index (Phi) is 5.18. The Morgan fingerprint density at radius 3 is 2.67 bits per heavy atom. The van der Waals surface area contributed by atoms with Crippen LogP contribution in [0.2, 0.25) is 0 Å². The van der Waals surface area contributed by atoms with Gasteiger partial charge in [0.25, 0.3) is 5.91 Å². The first-order chi connectivity index (χ1) is 11.6. The lowest BCUT2D eigenvalue weighted by molar-refractivity contribution is 0.0762. The third kappa shape index (κ3) is 3.31. The SMILES string of the molecule is CCN(CC)C(=O)c1cccn1Cc1cc2ccccc2nc1I. The molecule has 2 heterocycles. The van der Waals surface area contributed by atoms with Gasteiger partial charge in [0.15, 0.2) is 0 Å². The van der Waals surface area contributed by atoms with Crippen LogP contribution in [0.25, 0.3) is 10.9 Å². The van der Waals surface area contributed by atoms with Gasteiger partial charge in [-0.05, 0) is 60.7 Å². The van der Waals surface area contributed by atoms with Gasteiger partial charge in [-0.3, -0.25) is 4.79 Å². The number of rotatable bonds is 5. The van der Waals surface area contributed by atoms with Crippen molar-refractivity contribution >= 4 is 39.4 Å². The van der Waals surface area contributed by atoms with Crippen molar-refractivity contribution in [3.05, 3.63) is 63.6 Å². The Morgan fingerprint density at radius 1 is 1.17 bits per heavy atom. The van der Waals surface area contributed by atoms with Gasteiger partial charge >= 0.3 is 0 Å². The number of para-hydroxylation sites is 1. The first-order valence-corrected chi connectivity index (χ1v) is 9.20. The van der Waals surface area contributed by atoms with E-state index in [1.165, 1.54) is 0 Å². The van der Waals surface area contributed by atoms with Gasteiger partial charge in [0, 0.05) is 30.2 Å². The van der Waals surface area contributed by atoms with Crippen molar-refractivity contribution in [2.45, 2.75) is 20.4 Å². The second-order valence-corrected chi connectivity index (χ2v) is 6.65. The van der Waals surface area contributed by atoms with Crippen LogP contribution in [-0.4, -0.2) is 33.4 Å². The minimum atomic E-state index is 0.0776. The maximum absolute atomic E-state index is 12.7. The third-order valence-electron chi connectivity index (χ3n) is 4.19. The Hall–Kier alpha value is -1.89. The molecular formula is C19H20IN3O. The lowest BCUT2D eigenvalue weighted by atomic mass is 10.1. The number of benzene rings is 1. The fourth-order valence-corrected chi connectivity index (χ4v) is 3.44. The Morgan fingerprint density at radius 2 is 1.92 bits per heavy atom. The highest BCUT2D eigenvalue weighted by atomic mass is 127. The lowest BCUT2D eigenvalue weighted by Gasteiger charge is -2.20. The minimum absolute atomic E-state index is 0.0776. The largest absolute Gasteiger partial charge is 0.339 e. The van der Waals surface area contributed by atoms with E-state index in [4.69, 9.17) is 0 Å². The van der Waals surface area contributed by atoms with Crippen LogP contribution in [0.15, 0.2) is 48.7 Å². The number of carbonyl (C=O) groups excluding carboxylic acids is 1. The highest BCUT2D eigenvalue weighted by Crippen LogP contribution is 2.20. The number of hydrogen-bond acceptors (Lipinski definition) is 2. The van der Waals surface area contributed by atoms with Crippen LogP contribution in [0, 0.1) is 3.70 Å². The molecular weight excluding hydrogens is 413 g/mol. The molecule has 0 radical (unpaired) electrons. The van der Waals surface area contributed by atoms with E-state index < -0.39 is 0 Å². The summed E-state index contributed by atoms with van der Waals surface area (Å²) in [5.74, 6) is 0.0776. The third-order valence-corrected chi connectivity index (χ3v) is 5.12. The molecule has 4 nitrogen and oxygen atoms in total. The minimum Gasteiger partial charge on any atom is -0.339 e. The van der Waals surface area contributed by atoms with E-state index in [2.05, 4.69) is 39.7 Å². The molecule has 0 saturated carbocycles. The average molecular weight is 433 g/mol. The van der Waals surface area contributed by atoms with Crippen LogP contribution < -0.4 is 0 Å². The van der Waals surface area contributed by atoms with Gasteiger partial charge in [-0.2, -0.15) is 0 Å². The van der Waals surface area contributed by atoms with Crippen LogP contribution in [0.5, 0.6) is 0 Å². The van der Waals surface area contributed by atoms with Crippen molar-refractivity contribution in [3.63, 3.8) is 0 Å². The summed E-state index contributed by atoms with van der Waals surface area (Å²) in [4.78, 5) is 19.2. The zero-order valence-corrected chi connectivity index (χ0v) is 16.0. The van der Waals surface area contributed by atoms with Crippen LogP contribution in [0.1, 0.15) is 29.9 Å². The fraction of sp³-hybridized carbons (Fsp3) is 0.263. The van der Waals surface area contributed by atoms with Crippen LogP contribution >= 0.6 is 22.6 Å². The molecule has 0 saturated heterocycles. The molecule has 0 aliphatic carbocycles. The summed E-state index contributed by atoms with van der Waals surface area (Å²) in [6.45, 7) is 6.09. The van der Waals surface area contributed by atoms with Gasteiger partial charge in [-0.1, -0.05) is 18.2 Å². The summed E-state index contributed by atoms with van der Waals surface area (Å²) in [6, 6.07) is 14.1. The van der Waals surface area contributed by atoms with E-state index in [9.17, 15) is 4.79 Å². The molecule has 0 aliphatic rings. The van der Waals surface area contributed by atoms with E-state index >= 15 is 0 Å². The van der Waals surface area contributed by atoms with Crippen molar-refractivity contribution in [2.75, 3.05) is 13.1 Å². The molecule has 5 heteroatoms. The van der Waals surface area contributed by atoms with Gasteiger partial charge in [0.2, 0.25) is 0 Å². The smallest absolute Gasteiger partial charge is 0.270 e. The summed E-state index contributed by atoms with van der Waals surface area (Å²) >= 11 is 2.27. The topological polar surface area (TPSA) is 38.1 Å². The maximum atomic E-state index is 12.7. The zero-order valence-electron chi connectivity index (χ0n) is 13.9. The second kappa shape index (κ2) is 7.34. The number of pyridine rings is 1. The number of fused-ring (bicyclic) bond motifs is 1. The predicted octanol–water partition coefficient (Wildman–Crippen LogP) is 4.17. The van der Waals surface area contributed by atoms with Gasteiger partial charge in [0.1, 0.15) is 9.39 Å². The van der Waals surface area contributed by atoms with E-state index in [1.54, 1.807) is 0 Å². The molecule has 0 aliphatic heterocycles. The number of halogens is 1. The summed E-state index contributed by atoms with van der Waals surface area (Å²) in [5, 5.41) is 1.12. The first kappa shape index (κ1) is 17.0. The van der Waals surface area contributed by atoms with Crippen LogP contribution in [0.4, 0.5) is 0 Å². The normalized spacial score (nSPS) is 11.0. The maximum Gasteiger partial charge on any atom is 0.270 e. The van der Waals surface area contributed by atoms with Crippen LogP contribution in [-0.2, 0) is 6.54 Å². The fourth-order valence-electron chi connectivity index (χ4n) is 2.85. The lowest BCUT2D eigenvalue weighted by Crippen LogP contribution is -2.32. The molecule has 0 fully saturated rings. The van der Waals surface area contributed by atoms with Gasteiger partial charge < -0.3 is 9.47 Å². The van der Waals surface area contributed by atoms with Crippen molar-refractivity contribution in [1.29, 1.82) is 0 Å². The van der Waals surface area contributed by atoms with Crippen molar-refractivity contribution in [2.24, 2.45) is 0 Å². The molecule has 3 aromatic rings. The number of nitrogens with zero attached hydrogens (tertiary/aromatic N) is 3. The summed E-state index contributed by atoms with van der Waals surface area (Å²) in [6.07, 6.45) is 1.96. The van der Waals surface area contributed by atoms with E-state index in [0.717, 1.165) is 39.0 Å². The summed E-state index contributed by atoms with van der Waals surface area (Å²) in [5.41, 5.74) is 2.85. The molecule has 0 atom stereocenters. The second-order valence-electron chi connectivity index (χ2n) is 5.63. The number of aromatic nitrogens is 2. The summed E-state index contributed by atoms with van der Waals surface area (Å²) in [7, 11) is 0. The molecule has 2 aromatic heterocycles. The van der Waals surface area contributed by atoms with E-state index in [-0.39, 0.29) is 5.91 Å². The average Bonchev–Trinajstić information content (AvgIpc) is 3.04.